The lowest BCUT2D eigenvalue weighted by molar-refractivity contribution is 0.364. The smallest absolute Gasteiger partial charge is 0.341 e. The van der Waals surface area contributed by atoms with Gasteiger partial charge in [0, 0.05) is 14.2 Å². The van der Waals surface area contributed by atoms with Crippen molar-refractivity contribution in [1.29, 1.82) is 0 Å². The first kappa shape index (κ1) is 13.3. The quantitative estimate of drug-likeness (QED) is 0.767. The third kappa shape index (κ3) is 2.24. The third-order valence-corrected chi connectivity index (χ3v) is 29.8. The highest BCUT2D eigenvalue weighted by molar-refractivity contribution is 7.64. The van der Waals surface area contributed by atoms with E-state index in [1.54, 1.807) is 0 Å². The topological polar surface area (TPSA) is 18.5 Å². The van der Waals surface area contributed by atoms with Crippen LogP contribution in [0.3, 0.4) is 0 Å². The Hall–Kier alpha value is -0.152. The second-order valence-corrected chi connectivity index (χ2v) is 25.2. The molecule has 1 aliphatic heterocycles. The van der Waals surface area contributed by atoms with E-state index in [2.05, 4.69) is 42.3 Å². The Kier molecular flexibility index (Phi) is 3.79. The zero-order valence-electron chi connectivity index (χ0n) is 10.5. The molecule has 1 saturated heterocycles. The highest BCUT2D eigenvalue weighted by Crippen LogP contribution is 2.28. The molecule has 1 fully saturated rings. The van der Waals surface area contributed by atoms with Gasteiger partial charge in [-0.05, 0) is 17.3 Å². The van der Waals surface area contributed by atoms with E-state index < -0.39 is 14.7 Å². The number of rotatable bonds is 2. The standard InChI is InChI=1S/C11H17O2Si4/c1-16(2)9-8-12-15-17(16,3)11-7-5-4-6-10(11)13-14/h4-7H,8-9H2,1-3H3. The Morgan fingerprint density at radius 1 is 1.29 bits per heavy atom. The van der Waals surface area contributed by atoms with Crippen molar-refractivity contribution in [3.63, 3.8) is 0 Å². The van der Waals surface area contributed by atoms with E-state index in [4.69, 9.17) is 8.85 Å². The van der Waals surface area contributed by atoms with Crippen LogP contribution in [0, 0.1) is 0 Å². The van der Waals surface area contributed by atoms with Gasteiger partial charge in [0.15, 0.2) is 0 Å². The van der Waals surface area contributed by atoms with E-state index in [0.29, 0.717) is 9.28 Å². The molecule has 17 heavy (non-hydrogen) atoms. The summed E-state index contributed by atoms with van der Waals surface area (Å²) in [6, 6.07) is 9.70. The zero-order valence-corrected chi connectivity index (χ0v) is 14.5. The molecule has 0 aromatic heterocycles. The Bertz CT molecular complexity index is 410. The summed E-state index contributed by atoms with van der Waals surface area (Å²) < 4.78 is 11.2. The van der Waals surface area contributed by atoms with Gasteiger partial charge in [-0.15, -0.1) is 0 Å². The summed E-state index contributed by atoms with van der Waals surface area (Å²) in [5.74, 6) is 0.983. The summed E-state index contributed by atoms with van der Waals surface area (Å²) in [7, 11) is 1.13. The van der Waals surface area contributed by atoms with Crippen molar-refractivity contribution in [1.82, 2.24) is 0 Å². The van der Waals surface area contributed by atoms with Crippen LogP contribution in [0.5, 0.6) is 5.75 Å². The van der Waals surface area contributed by atoms with Crippen molar-refractivity contribution >= 4 is 39.7 Å². The van der Waals surface area contributed by atoms with Gasteiger partial charge in [0.05, 0.1) is 0 Å². The van der Waals surface area contributed by atoms with Gasteiger partial charge in [0.25, 0.3) is 0 Å². The molecule has 0 amide bonds. The molecule has 5 radical (unpaired) electrons. The van der Waals surface area contributed by atoms with Crippen LogP contribution in [-0.4, -0.2) is 41.1 Å². The van der Waals surface area contributed by atoms with Crippen LogP contribution >= 0.6 is 0 Å². The summed E-state index contributed by atoms with van der Waals surface area (Å²) in [4.78, 5) is 0. The van der Waals surface area contributed by atoms with Gasteiger partial charge in [-0.2, -0.15) is 0 Å². The van der Waals surface area contributed by atoms with E-state index >= 15 is 0 Å². The van der Waals surface area contributed by atoms with E-state index in [1.807, 2.05) is 12.1 Å². The van der Waals surface area contributed by atoms with Gasteiger partial charge in [0.1, 0.15) is 12.9 Å². The lowest BCUT2D eigenvalue weighted by atomic mass is 10.3. The first-order valence-corrected chi connectivity index (χ1v) is 14.9. The van der Waals surface area contributed by atoms with Gasteiger partial charge >= 0.3 is 10.5 Å². The summed E-state index contributed by atoms with van der Waals surface area (Å²) in [5, 5.41) is 1.42. The van der Waals surface area contributed by atoms with Crippen LogP contribution < -0.4 is 9.61 Å². The van der Waals surface area contributed by atoms with Gasteiger partial charge in [-0.3, -0.25) is 0 Å². The lowest BCUT2D eigenvalue weighted by Gasteiger charge is -2.44. The lowest BCUT2D eigenvalue weighted by Crippen LogP contribution is -2.72. The largest absolute Gasteiger partial charge is 0.541 e. The fraction of sp³-hybridized carbons (Fsp3) is 0.455. The van der Waals surface area contributed by atoms with Gasteiger partial charge < -0.3 is 8.85 Å². The molecular weight excluding hydrogens is 276 g/mol. The number of para-hydroxylation sites is 1. The molecule has 2 rings (SSSR count). The minimum Gasteiger partial charge on any atom is -0.541 e. The van der Waals surface area contributed by atoms with Crippen LogP contribution in [0.4, 0.5) is 0 Å². The highest BCUT2D eigenvalue weighted by atomic mass is 29.6. The first-order chi connectivity index (χ1) is 8.01. The zero-order chi connectivity index (χ0) is 12.5. The van der Waals surface area contributed by atoms with Crippen LogP contribution in [0.2, 0.25) is 25.7 Å². The van der Waals surface area contributed by atoms with E-state index in [-0.39, 0.29) is 0 Å². The van der Waals surface area contributed by atoms with Crippen molar-refractivity contribution in [2.24, 2.45) is 0 Å². The van der Waals surface area contributed by atoms with Crippen LogP contribution in [-0.2, 0) is 4.43 Å². The Balaban J connectivity index is 2.49. The third-order valence-electron chi connectivity index (χ3n) is 3.99. The minimum atomic E-state index is -1.52. The average molecular weight is 294 g/mol. The van der Waals surface area contributed by atoms with Gasteiger partial charge in [-0.1, -0.05) is 37.8 Å². The summed E-state index contributed by atoms with van der Waals surface area (Å²) in [6.45, 7) is 8.45. The van der Waals surface area contributed by atoms with E-state index in [9.17, 15) is 0 Å². The van der Waals surface area contributed by atoms with Crippen molar-refractivity contribution in [3.05, 3.63) is 24.3 Å². The molecule has 6 heteroatoms. The predicted octanol–water partition coefficient (Wildman–Crippen LogP) is 1.37. The molecule has 1 aromatic carbocycles. The molecule has 0 bridgehead atoms. The summed E-state index contributed by atoms with van der Waals surface area (Å²) >= 11 is 0. The number of hydrogen-bond donors (Lipinski definition) is 0. The van der Waals surface area contributed by atoms with Crippen LogP contribution in [0.1, 0.15) is 0 Å². The molecule has 0 spiro atoms. The normalized spacial score (nSPS) is 27.8. The molecule has 1 atom stereocenters. The second kappa shape index (κ2) is 4.85. The summed E-state index contributed by atoms with van der Waals surface area (Å²) in [6.07, 6.45) is 0. The fourth-order valence-corrected chi connectivity index (χ4v) is 18.4. The monoisotopic (exact) mass is 293 g/mol. The molecule has 1 aliphatic rings. The fourth-order valence-electron chi connectivity index (χ4n) is 2.28. The Labute approximate surface area is 111 Å². The minimum absolute atomic E-state index is 0.673. The SMILES string of the molecule is C[Si]1(C)CCO[Si][Si]1(C)c1ccccc1O[Si]. The molecule has 89 valence electrons. The number of benzene rings is 1. The maximum atomic E-state index is 5.83. The maximum absolute atomic E-state index is 5.83. The molecule has 1 heterocycles. The molecule has 0 saturated carbocycles. The van der Waals surface area contributed by atoms with Crippen LogP contribution in [0.15, 0.2) is 24.3 Å². The molecule has 0 N–H and O–H groups in total. The summed E-state index contributed by atoms with van der Waals surface area (Å²) in [5.41, 5.74) is 0. The van der Waals surface area contributed by atoms with E-state index in [1.165, 1.54) is 11.2 Å². The van der Waals surface area contributed by atoms with Crippen molar-refractivity contribution < 1.29 is 8.85 Å². The maximum Gasteiger partial charge on any atom is 0.341 e. The first-order valence-electron chi connectivity index (χ1n) is 5.83. The molecule has 2 nitrogen and oxygen atoms in total. The van der Waals surface area contributed by atoms with Crippen molar-refractivity contribution in [3.8, 4) is 5.75 Å². The molecule has 0 aliphatic carbocycles. The second-order valence-electron chi connectivity index (χ2n) is 5.31. The van der Waals surface area contributed by atoms with Crippen LogP contribution in [0.25, 0.3) is 0 Å². The van der Waals surface area contributed by atoms with Crippen molar-refractivity contribution in [2.45, 2.75) is 25.7 Å². The predicted molar refractivity (Wildman–Crippen MR) is 78.1 cm³/mol. The van der Waals surface area contributed by atoms with Gasteiger partial charge in [0.2, 0.25) is 9.28 Å². The Morgan fingerprint density at radius 3 is 2.65 bits per heavy atom. The molecular formula is C11H17O2Si4. The van der Waals surface area contributed by atoms with E-state index in [0.717, 1.165) is 12.4 Å². The Morgan fingerprint density at radius 2 is 2.00 bits per heavy atom. The molecule has 1 aromatic rings. The highest BCUT2D eigenvalue weighted by Gasteiger charge is 2.50. The molecule has 1 unspecified atom stereocenters. The number of hydrogen-bond acceptors (Lipinski definition) is 2. The van der Waals surface area contributed by atoms with Crippen molar-refractivity contribution in [2.75, 3.05) is 6.61 Å². The van der Waals surface area contributed by atoms with Gasteiger partial charge in [-0.25, -0.2) is 0 Å². The average Bonchev–Trinajstić information content (AvgIpc) is 2.33.